The van der Waals surface area contributed by atoms with E-state index in [4.69, 9.17) is 22.5 Å². The molecule has 0 aliphatic heterocycles. The maximum Gasteiger partial charge on any atom is 0.266 e. The highest BCUT2D eigenvalue weighted by Gasteiger charge is 2.25. The minimum atomic E-state index is -4.36. The van der Waals surface area contributed by atoms with Crippen LogP contribution in [0.25, 0.3) is 0 Å². The first-order chi connectivity index (χ1) is 6.75. The van der Waals surface area contributed by atoms with Gasteiger partial charge in [-0.25, -0.2) is 27.3 Å². The van der Waals surface area contributed by atoms with Crippen molar-refractivity contribution in [2.24, 2.45) is 5.14 Å². The Balaban J connectivity index is 3.65. The predicted molar refractivity (Wildman–Crippen MR) is 50.0 cm³/mol. The summed E-state index contributed by atoms with van der Waals surface area (Å²) in [6.07, 6.45) is -2.42. The van der Waals surface area contributed by atoms with Crippen molar-refractivity contribution < 1.29 is 17.2 Å². The molecule has 0 aromatic carbocycles. The van der Waals surface area contributed by atoms with E-state index in [-0.39, 0.29) is 5.15 Å². The number of halogens is 3. The Labute approximate surface area is 89.1 Å². The number of hydrogen-bond acceptors (Lipinski definition) is 4. The molecule has 0 spiro atoms. The fourth-order valence-corrected chi connectivity index (χ4v) is 2.05. The number of alkyl halides is 2. The lowest BCUT2D eigenvalue weighted by Crippen LogP contribution is -2.17. The molecule has 1 heterocycles. The zero-order chi connectivity index (χ0) is 11.8. The van der Waals surface area contributed by atoms with Gasteiger partial charge in [-0.05, 0) is 0 Å². The van der Waals surface area contributed by atoms with Crippen LogP contribution in [0.3, 0.4) is 0 Å². The third-order valence-electron chi connectivity index (χ3n) is 1.57. The molecule has 0 bridgehead atoms. The van der Waals surface area contributed by atoms with Gasteiger partial charge in [-0.3, -0.25) is 0 Å². The maximum absolute atomic E-state index is 12.4. The molecule has 0 saturated heterocycles. The Kier molecular flexibility index (Phi) is 3.12. The minimum Gasteiger partial charge on any atom is -0.395 e. The molecule has 0 atom stereocenters. The highest BCUT2D eigenvalue weighted by molar-refractivity contribution is 7.89. The first-order valence-corrected chi connectivity index (χ1v) is 5.42. The van der Waals surface area contributed by atoms with Gasteiger partial charge in [0, 0.05) is 6.20 Å². The molecule has 0 fully saturated rings. The molecule has 9 heteroatoms. The van der Waals surface area contributed by atoms with Gasteiger partial charge in [0.15, 0.2) is 5.15 Å². The molecule has 15 heavy (non-hydrogen) atoms. The Morgan fingerprint density at radius 2 is 2.00 bits per heavy atom. The van der Waals surface area contributed by atoms with Crippen LogP contribution >= 0.6 is 11.6 Å². The third kappa shape index (κ3) is 2.33. The van der Waals surface area contributed by atoms with E-state index in [2.05, 4.69) is 4.98 Å². The molecule has 0 amide bonds. The average molecular weight is 258 g/mol. The van der Waals surface area contributed by atoms with Gasteiger partial charge < -0.3 is 5.73 Å². The molecule has 0 unspecified atom stereocenters. The Morgan fingerprint density at radius 1 is 1.47 bits per heavy atom. The van der Waals surface area contributed by atoms with Crippen LogP contribution in [0.4, 0.5) is 14.5 Å². The van der Waals surface area contributed by atoms with Gasteiger partial charge in [-0.2, -0.15) is 0 Å². The normalized spacial score (nSPS) is 12.1. The molecule has 1 aromatic rings. The fraction of sp³-hybridized carbons (Fsp3) is 0.167. The number of anilines is 1. The van der Waals surface area contributed by atoms with E-state index in [1.807, 2.05) is 0 Å². The van der Waals surface area contributed by atoms with Crippen LogP contribution in [-0.4, -0.2) is 13.4 Å². The van der Waals surface area contributed by atoms with Gasteiger partial charge in [-0.15, -0.1) is 0 Å². The van der Waals surface area contributed by atoms with Crippen molar-refractivity contribution in [1.29, 1.82) is 0 Å². The van der Waals surface area contributed by atoms with Crippen molar-refractivity contribution >= 4 is 27.3 Å². The van der Waals surface area contributed by atoms with Crippen molar-refractivity contribution in [2.45, 2.75) is 11.3 Å². The number of nitrogens with zero attached hydrogens (tertiary/aromatic N) is 1. The summed E-state index contributed by atoms with van der Waals surface area (Å²) in [6, 6.07) is 0. The van der Waals surface area contributed by atoms with E-state index in [0.717, 1.165) is 0 Å². The Morgan fingerprint density at radius 3 is 2.40 bits per heavy atom. The van der Waals surface area contributed by atoms with Gasteiger partial charge in [0.1, 0.15) is 4.90 Å². The SMILES string of the molecule is Nc1c(Cl)ncc(C(F)F)c1S(N)(=O)=O. The first-order valence-electron chi connectivity index (χ1n) is 3.50. The zero-order valence-corrected chi connectivity index (χ0v) is 8.69. The fourth-order valence-electron chi connectivity index (χ4n) is 0.977. The molecule has 5 nitrogen and oxygen atoms in total. The van der Waals surface area contributed by atoms with Gasteiger partial charge in [0.25, 0.3) is 6.43 Å². The number of aromatic nitrogens is 1. The van der Waals surface area contributed by atoms with E-state index in [1.165, 1.54) is 0 Å². The quantitative estimate of drug-likeness (QED) is 0.769. The Bertz CT molecular complexity index is 491. The molecular formula is C6H6ClF2N3O2S. The van der Waals surface area contributed by atoms with Crippen molar-refractivity contribution in [3.63, 3.8) is 0 Å². The molecule has 84 valence electrons. The molecule has 0 aliphatic carbocycles. The van der Waals surface area contributed by atoms with Crippen LogP contribution in [0, 0.1) is 0 Å². The lowest BCUT2D eigenvalue weighted by atomic mass is 10.3. The summed E-state index contributed by atoms with van der Waals surface area (Å²) in [7, 11) is -4.36. The molecule has 0 aliphatic rings. The number of nitrogen functional groups attached to an aromatic ring is 1. The van der Waals surface area contributed by atoms with Crippen LogP contribution in [0.5, 0.6) is 0 Å². The van der Waals surface area contributed by atoms with E-state index < -0.39 is 32.6 Å². The third-order valence-corrected chi connectivity index (χ3v) is 2.89. The minimum absolute atomic E-state index is 0.386. The van der Waals surface area contributed by atoms with Gasteiger partial charge >= 0.3 is 0 Å². The molecule has 4 N–H and O–H groups in total. The topological polar surface area (TPSA) is 99.1 Å². The van der Waals surface area contributed by atoms with E-state index in [1.54, 1.807) is 0 Å². The molecule has 0 saturated carbocycles. The van der Waals surface area contributed by atoms with Crippen molar-refractivity contribution in [3.8, 4) is 0 Å². The standard InChI is InChI=1S/C6H6ClF2N3O2S/c7-5-3(10)4(15(11,13)14)2(1-12-5)6(8)9/h1,6H,10H2,(H2,11,13,14). The van der Waals surface area contributed by atoms with Crippen molar-refractivity contribution in [2.75, 3.05) is 5.73 Å². The second kappa shape index (κ2) is 3.87. The van der Waals surface area contributed by atoms with E-state index in [0.29, 0.717) is 6.20 Å². The Hall–Kier alpha value is -0.990. The summed E-state index contributed by atoms with van der Waals surface area (Å²) in [5, 5.41) is 4.35. The predicted octanol–water partition coefficient (Wildman–Crippen LogP) is 0.902. The lowest BCUT2D eigenvalue weighted by molar-refractivity contribution is 0.147. The molecule has 1 rings (SSSR count). The number of rotatable bonds is 2. The van der Waals surface area contributed by atoms with Gasteiger partial charge in [0.2, 0.25) is 10.0 Å². The van der Waals surface area contributed by atoms with E-state index in [9.17, 15) is 17.2 Å². The second-order valence-electron chi connectivity index (χ2n) is 2.59. The number of primary sulfonamides is 1. The number of pyridine rings is 1. The van der Waals surface area contributed by atoms with E-state index >= 15 is 0 Å². The van der Waals surface area contributed by atoms with Crippen LogP contribution in [0.1, 0.15) is 12.0 Å². The highest BCUT2D eigenvalue weighted by Crippen LogP contribution is 2.32. The maximum atomic E-state index is 12.4. The zero-order valence-electron chi connectivity index (χ0n) is 7.12. The summed E-state index contributed by atoms with van der Waals surface area (Å²) in [6.45, 7) is 0. The van der Waals surface area contributed by atoms with Crippen LogP contribution in [-0.2, 0) is 10.0 Å². The van der Waals surface area contributed by atoms with Crippen LogP contribution in [0.2, 0.25) is 5.15 Å². The second-order valence-corrected chi connectivity index (χ2v) is 4.45. The van der Waals surface area contributed by atoms with Gasteiger partial charge in [0.05, 0.1) is 11.3 Å². The van der Waals surface area contributed by atoms with Crippen molar-refractivity contribution in [3.05, 3.63) is 16.9 Å². The smallest absolute Gasteiger partial charge is 0.266 e. The molecule has 0 radical (unpaired) electrons. The summed E-state index contributed by atoms with van der Waals surface area (Å²) < 4.78 is 46.8. The lowest BCUT2D eigenvalue weighted by Gasteiger charge is -2.09. The molecule has 1 aromatic heterocycles. The average Bonchev–Trinajstić information content (AvgIpc) is 2.06. The first kappa shape index (κ1) is 12.1. The summed E-state index contributed by atoms with van der Waals surface area (Å²) in [4.78, 5) is 2.44. The van der Waals surface area contributed by atoms with Crippen LogP contribution in [0.15, 0.2) is 11.1 Å². The highest BCUT2D eigenvalue weighted by atomic mass is 35.5. The molecular weight excluding hydrogens is 252 g/mol. The summed E-state index contributed by atoms with van der Waals surface area (Å²) in [5.74, 6) is 0. The summed E-state index contributed by atoms with van der Waals surface area (Å²) in [5.41, 5.74) is 3.79. The monoisotopic (exact) mass is 257 g/mol. The summed E-state index contributed by atoms with van der Waals surface area (Å²) >= 11 is 5.40. The van der Waals surface area contributed by atoms with Gasteiger partial charge in [-0.1, -0.05) is 11.6 Å². The van der Waals surface area contributed by atoms with Crippen molar-refractivity contribution in [1.82, 2.24) is 4.98 Å². The number of hydrogen-bond donors (Lipinski definition) is 2. The van der Waals surface area contributed by atoms with Crippen LogP contribution < -0.4 is 10.9 Å². The largest absolute Gasteiger partial charge is 0.395 e. The number of nitrogens with two attached hydrogens (primary N) is 2. The number of sulfonamides is 1.